The highest BCUT2D eigenvalue weighted by atomic mass is 79.9. The van der Waals surface area contributed by atoms with Crippen LogP contribution in [-0.4, -0.2) is 11.4 Å². The number of hydrogen-bond acceptors (Lipinski definition) is 2. The summed E-state index contributed by atoms with van der Waals surface area (Å²) in [6, 6.07) is 8.09. The van der Waals surface area contributed by atoms with Crippen molar-refractivity contribution in [3.05, 3.63) is 34.3 Å². The second-order valence-electron chi connectivity index (χ2n) is 5.14. The Bertz CT molecular complexity index is 434. The third-order valence-corrected chi connectivity index (χ3v) is 4.02. The van der Waals surface area contributed by atoms with E-state index in [1.807, 2.05) is 52.0 Å². The topological polar surface area (TPSA) is 55.1 Å². The Labute approximate surface area is 117 Å². The quantitative estimate of drug-likeness (QED) is 0.878. The largest absolute Gasteiger partial charge is 0.368 e. The van der Waals surface area contributed by atoms with Gasteiger partial charge >= 0.3 is 0 Å². The van der Waals surface area contributed by atoms with Gasteiger partial charge in [-0.25, -0.2) is 0 Å². The fourth-order valence-corrected chi connectivity index (χ4v) is 2.25. The number of benzene rings is 1. The van der Waals surface area contributed by atoms with Crippen LogP contribution in [0.4, 0.5) is 0 Å². The van der Waals surface area contributed by atoms with E-state index in [9.17, 15) is 4.79 Å². The molecule has 0 aliphatic heterocycles. The van der Waals surface area contributed by atoms with Gasteiger partial charge in [-0.2, -0.15) is 0 Å². The molecule has 0 aliphatic rings. The summed E-state index contributed by atoms with van der Waals surface area (Å²) in [5, 5.41) is 3.34. The zero-order chi connectivity index (χ0) is 13.9. The Morgan fingerprint density at radius 1 is 1.39 bits per heavy atom. The van der Waals surface area contributed by atoms with Crippen molar-refractivity contribution in [1.82, 2.24) is 5.32 Å². The lowest BCUT2D eigenvalue weighted by molar-refractivity contribution is -0.125. The molecule has 0 heterocycles. The molecule has 0 radical (unpaired) electrons. The molecular formula is C14H21BrN2O. The lowest BCUT2D eigenvalue weighted by Crippen LogP contribution is -2.57. The zero-order valence-corrected chi connectivity index (χ0v) is 12.9. The predicted octanol–water partition coefficient (Wildman–Crippen LogP) is 3.00. The second kappa shape index (κ2) is 5.85. The van der Waals surface area contributed by atoms with E-state index < -0.39 is 5.54 Å². The highest BCUT2D eigenvalue weighted by Crippen LogP contribution is 2.24. The zero-order valence-electron chi connectivity index (χ0n) is 11.3. The maximum Gasteiger partial charge on any atom is 0.237 e. The lowest BCUT2D eigenvalue weighted by atomic mass is 9.86. The third kappa shape index (κ3) is 3.33. The molecule has 1 amide bonds. The van der Waals surface area contributed by atoms with E-state index in [0.717, 1.165) is 10.0 Å². The van der Waals surface area contributed by atoms with Crippen LogP contribution in [0, 0.1) is 5.92 Å². The summed E-state index contributed by atoms with van der Waals surface area (Å²) in [5.74, 6) is -0.191. The molecule has 2 atom stereocenters. The van der Waals surface area contributed by atoms with Crippen molar-refractivity contribution in [2.24, 2.45) is 11.7 Å². The fraction of sp³-hybridized carbons (Fsp3) is 0.500. The van der Waals surface area contributed by atoms with Crippen LogP contribution in [0.1, 0.15) is 39.3 Å². The molecule has 0 spiro atoms. The van der Waals surface area contributed by atoms with E-state index in [2.05, 4.69) is 21.2 Å². The van der Waals surface area contributed by atoms with Gasteiger partial charge in [0.05, 0.1) is 5.54 Å². The molecule has 3 nitrogen and oxygen atoms in total. The van der Waals surface area contributed by atoms with Gasteiger partial charge < -0.3 is 5.73 Å². The van der Waals surface area contributed by atoms with Crippen molar-refractivity contribution in [3.63, 3.8) is 0 Å². The second-order valence-corrected chi connectivity index (χ2v) is 6.06. The van der Waals surface area contributed by atoms with Crippen LogP contribution in [0.2, 0.25) is 0 Å². The van der Waals surface area contributed by atoms with E-state index in [4.69, 9.17) is 5.73 Å². The number of primary amides is 1. The molecule has 1 aromatic rings. The first-order valence-electron chi connectivity index (χ1n) is 6.10. The molecule has 4 heteroatoms. The van der Waals surface area contributed by atoms with Crippen LogP contribution in [0.15, 0.2) is 28.7 Å². The Morgan fingerprint density at radius 3 is 2.44 bits per heavy atom. The summed E-state index contributed by atoms with van der Waals surface area (Å²) in [6.45, 7) is 7.87. The van der Waals surface area contributed by atoms with Gasteiger partial charge in [0.25, 0.3) is 0 Å². The fourth-order valence-electron chi connectivity index (χ4n) is 1.83. The molecule has 0 fully saturated rings. The molecule has 0 saturated heterocycles. The molecule has 0 bridgehead atoms. The highest BCUT2D eigenvalue weighted by molar-refractivity contribution is 9.10. The number of nitrogens with two attached hydrogens (primary N) is 1. The molecule has 0 aliphatic carbocycles. The van der Waals surface area contributed by atoms with Crippen LogP contribution >= 0.6 is 15.9 Å². The molecule has 18 heavy (non-hydrogen) atoms. The number of nitrogens with one attached hydrogen (secondary N) is 1. The molecule has 0 aromatic heterocycles. The summed E-state index contributed by atoms with van der Waals surface area (Å²) in [6.07, 6.45) is 0. The average molecular weight is 313 g/mol. The van der Waals surface area contributed by atoms with Gasteiger partial charge in [0, 0.05) is 10.5 Å². The minimum Gasteiger partial charge on any atom is -0.368 e. The first kappa shape index (κ1) is 15.2. The number of rotatable bonds is 5. The van der Waals surface area contributed by atoms with E-state index in [1.54, 1.807) is 0 Å². The van der Waals surface area contributed by atoms with Gasteiger partial charge in [-0.05, 0) is 37.5 Å². The molecule has 3 N–H and O–H groups in total. The number of hydrogen-bond donors (Lipinski definition) is 2. The van der Waals surface area contributed by atoms with Gasteiger partial charge in [0.2, 0.25) is 5.91 Å². The Balaban J connectivity index is 2.92. The van der Waals surface area contributed by atoms with Crippen molar-refractivity contribution in [1.29, 1.82) is 0 Å². The normalized spacial score (nSPS) is 16.3. The Morgan fingerprint density at radius 2 is 2.00 bits per heavy atom. The van der Waals surface area contributed by atoms with Crippen LogP contribution in [0.5, 0.6) is 0 Å². The van der Waals surface area contributed by atoms with Crippen molar-refractivity contribution >= 4 is 21.8 Å². The summed E-state index contributed by atoms with van der Waals surface area (Å²) in [4.78, 5) is 11.6. The van der Waals surface area contributed by atoms with Gasteiger partial charge in [0.15, 0.2) is 0 Å². The van der Waals surface area contributed by atoms with E-state index in [-0.39, 0.29) is 17.9 Å². The number of carbonyl (C=O) groups is 1. The van der Waals surface area contributed by atoms with Crippen molar-refractivity contribution in [2.45, 2.75) is 39.3 Å². The SMILES string of the molecule is CC(NC(C)(C(N)=O)C(C)C)c1cccc(Br)c1. The summed E-state index contributed by atoms with van der Waals surface area (Å²) < 4.78 is 1.03. The Kier molecular flexibility index (Phi) is 4.93. The summed E-state index contributed by atoms with van der Waals surface area (Å²) in [5.41, 5.74) is 5.93. The van der Waals surface area contributed by atoms with Crippen LogP contribution in [0.3, 0.4) is 0 Å². The highest BCUT2D eigenvalue weighted by Gasteiger charge is 2.35. The molecule has 1 aromatic carbocycles. The third-order valence-electron chi connectivity index (χ3n) is 3.53. The van der Waals surface area contributed by atoms with Gasteiger partial charge in [-0.3, -0.25) is 10.1 Å². The van der Waals surface area contributed by atoms with Crippen molar-refractivity contribution < 1.29 is 4.79 Å². The van der Waals surface area contributed by atoms with Gasteiger partial charge in [-0.15, -0.1) is 0 Å². The monoisotopic (exact) mass is 312 g/mol. The molecule has 100 valence electrons. The van der Waals surface area contributed by atoms with E-state index in [1.165, 1.54) is 0 Å². The number of amides is 1. The molecular weight excluding hydrogens is 292 g/mol. The first-order chi connectivity index (χ1) is 8.27. The maximum atomic E-state index is 11.6. The summed E-state index contributed by atoms with van der Waals surface area (Å²) in [7, 11) is 0. The molecule has 2 unspecified atom stereocenters. The number of carbonyl (C=O) groups excluding carboxylic acids is 1. The van der Waals surface area contributed by atoms with E-state index >= 15 is 0 Å². The van der Waals surface area contributed by atoms with Crippen molar-refractivity contribution in [2.75, 3.05) is 0 Å². The minimum atomic E-state index is -0.707. The van der Waals surface area contributed by atoms with Crippen LogP contribution in [0.25, 0.3) is 0 Å². The van der Waals surface area contributed by atoms with Gasteiger partial charge in [0.1, 0.15) is 0 Å². The predicted molar refractivity (Wildman–Crippen MR) is 78.1 cm³/mol. The minimum absolute atomic E-state index is 0.0578. The van der Waals surface area contributed by atoms with Crippen LogP contribution in [-0.2, 0) is 4.79 Å². The number of halogens is 1. The first-order valence-corrected chi connectivity index (χ1v) is 6.89. The maximum absolute atomic E-state index is 11.6. The summed E-state index contributed by atoms with van der Waals surface area (Å²) >= 11 is 3.45. The standard InChI is InChI=1S/C14H21BrN2O/c1-9(2)14(4,13(16)18)17-10(3)11-6-5-7-12(15)8-11/h5-10,17H,1-4H3,(H2,16,18). The van der Waals surface area contributed by atoms with Gasteiger partial charge in [-0.1, -0.05) is 41.9 Å². The van der Waals surface area contributed by atoms with E-state index in [0.29, 0.717) is 0 Å². The van der Waals surface area contributed by atoms with Crippen LogP contribution < -0.4 is 11.1 Å². The average Bonchev–Trinajstić information content (AvgIpc) is 2.28. The lowest BCUT2D eigenvalue weighted by Gasteiger charge is -2.34. The molecule has 0 saturated carbocycles. The molecule has 1 rings (SSSR count). The van der Waals surface area contributed by atoms with Crippen molar-refractivity contribution in [3.8, 4) is 0 Å². The smallest absolute Gasteiger partial charge is 0.237 e. The Hall–Kier alpha value is -0.870.